The van der Waals surface area contributed by atoms with Crippen molar-refractivity contribution < 1.29 is 9.15 Å². The molecule has 3 nitrogen and oxygen atoms in total. The van der Waals surface area contributed by atoms with Crippen molar-refractivity contribution in [1.29, 1.82) is 0 Å². The van der Waals surface area contributed by atoms with Crippen LogP contribution in [0.2, 0.25) is 0 Å². The Kier molecular flexibility index (Phi) is 5.48. The second-order valence-corrected chi connectivity index (χ2v) is 5.26. The molecule has 0 aliphatic rings. The number of hydrogen-bond donors (Lipinski definition) is 1. The van der Waals surface area contributed by atoms with E-state index in [2.05, 4.69) is 28.2 Å². The third-order valence-corrected chi connectivity index (χ3v) is 3.19. The van der Waals surface area contributed by atoms with E-state index in [0.29, 0.717) is 6.61 Å². The number of nitrogens with one attached hydrogen (secondary N) is 1. The van der Waals surface area contributed by atoms with Crippen molar-refractivity contribution in [3.63, 3.8) is 0 Å². The van der Waals surface area contributed by atoms with E-state index in [1.807, 2.05) is 30.3 Å². The predicted molar refractivity (Wildman–Crippen MR) is 79.2 cm³/mol. The highest BCUT2D eigenvalue weighted by Crippen LogP contribution is 2.18. The van der Waals surface area contributed by atoms with E-state index < -0.39 is 0 Å². The summed E-state index contributed by atoms with van der Waals surface area (Å²) in [5.74, 6) is 1.68. The molecule has 102 valence electrons. The molecule has 0 radical (unpaired) electrons. The van der Waals surface area contributed by atoms with Gasteiger partial charge in [-0.25, -0.2) is 0 Å². The Balaban J connectivity index is 1.81. The first-order valence-electron chi connectivity index (χ1n) is 6.43. The van der Waals surface area contributed by atoms with Crippen LogP contribution in [-0.2, 0) is 13.2 Å². The third kappa shape index (κ3) is 4.73. The molecule has 0 fully saturated rings. The van der Waals surface area contributed by atoms with Crippen LogP contribution in [-0.4, -0.2) is 6.54 Å². The Bertz CT molecular complexity index is 493. The van der Waals surface area contributed by atoms with Crippen molar-refractivity contribution >= 4 is 15.9 Å². The fourth-order valence-electron chi connectivity index (χ4n) is 1.69. The van der Waals surface area contributed by atoms with Gasteiger partial charge >= 0.3 is 0 Å². The van der Waals surface area contributed by atoms with Gasteiger partial charge in [0.25, 0.3) is 0 Å². The Morgan fingerprint density at radius 3 is 2.79 bits per heavy atom. The van der Waals surface area contributed by atoms with Gasteiger partial charge in [0.15, 0.2) is 0 Å². The van der Waals surface area contributed by atoms with E-state index >= 15 is 0 Å². The lowest BCUT2D eigenvalue weighted by Crippen LogP contribution is -2.13. The van der Waals surface area contributed by atoms with E-state index in [1.54, 1.807) is 6.26 Å². The summed E-state index contributed by atoms with van der Waals surface area (Å²) in [6.45, 7) is 4.47. The van der Waals surface area contributed by atoms with E-state index in [4.69, 9.17) is 9.15 Å². The van der Waals surface area contributed by atoms with Crippen LogP contribution in [0.5, 0.6) is 5.75 Å². The first-order valence-corrected chi connectivity index (χ1v) is 7.22. The van der Waals surface area contributed by atoms with Crippen molar-refractivity contribution in [3.8, 4) is 5.75 Å². The number of rotatable bonds is 7. The van der Waals surface area contributed by atoms with Gasteiger partial charge in [0.05, 0.1) is 6.26 Å². The van der Waals surface area contributed by atoms with Gasteiger partial charge in [0.1, 0.15) is 18.1 Å². The molecule has 1 N–H and O–H groups in total. The second-order valence-electron chi connectivity index (χ2n) is 4.34. The average Bonchev–Trinajstić information content (AvgIpc) is 2.86. The molecule has 0 aliphatic heterocycles. The minimum atomic E-state index is 0.454. The number of furan rings is 1. The molecule has 0 atom stereocenters. The minimum Gasteiger partial charge on any atom is -0.486 e. The fourth-order valence-corrected chi connectivity index (χ4v) is 1.95. The van der Waals surface area contributed by atoms with Gasteiger partial charge in [0.2, 0.25) is 0 Å². The van der Waals surface area contributed by atoms with Crippen LogP contribution < -0.4 is 10.1 Å². The van der Waals surface area contributed by atoms with Crippen molar-refractivity contribution in [3.05, 3.63) is 52.4 Å². The lowest BCUT2D eigenvalue weighted by Gasteiger charge is -2.03. The zero-order chi connectivity index (χ0) is 13.5. The third-order valence-electron chi connectivity index (χ3n) is 2.66. The molecule has 0 saturated carbocycles. The molecule has 0 spiro atoms. The maximum absolute atomic E-state index is 5.65. The van der Waals surface area contributed by atoms with Crippen molar-refractivity contribution in [2.24, 2.45) is 0 Å². The summed E-state index contributed by atoms with van der Waals surface area (Å²) in [4.78, 5) is 0. The highest BCUT2D eigenvalue weighted by Gasteiger charge is 2.02. The van der Waals surface area contributed by atoms with Crippen LogP contribution in [0.1, 0.15) is 24.7 Å². The van der Waals surface area contributed by atoms with Gasteiger partial charge in [-0.05, 0) is 43.3 Å². The first-order chi connectivity index (χ1) is 9.28. The van der Waals surface area contributed by atoms with Crippen LogP contribution in [0.15, 0.2) is 45.5 Å². The van der Waals surface area contributed by atoms with Gasteiger partial charge in [-0.15, -0.1) is 0 Å². The molecule has 0 bridgehead atoms. The maximum atomic E-state index is 5.65. The number of hydrogen-bond acceptors (Lipinski definition) is 3. The van der Waals surface area contributed by atoms with Gasteiger partial charge < -0.3 is 14.5 Å². The Morgan fingerprint density at radius 2 is 2.05 bits per heavy atom. The Hall–Kier alpha value is -1.26. The van der Waals surface area contributed by atoms with E-state index in [-0.39, 0.29) is 0 Å². The molecule has 1 aromatic heterocycles. The number of benzene rings is 1. The molecular weight excluding hydrogens is 306 g/mol. The fraction of sp³-hybridized carbons (Fsp3) is 0.333. The smallest absolute Gasteiger partial charge is 0.146 e. The molecule has 2 aromatic rings. The van der Waals surface area contributed by atoms with Crippen LogP contribution >= 0.6 is 15.9 Å². The van der Waals surface area contributed by atoms with Gasteiger partial charge in [0, 0.05) is 16.6 Å². The molecule has 2 rings (SSSR count). The second kappa shape index (κ2) is 7.36. The van der Waals surface area contributed by atoms with Gasteiger partial charge in [-0.3, -0.25) is 0 Å². The summed E-state index contributed by atoms with van der Waals surface area (Å²) in [5, 5.41) is 3.34. The maximum Gasteiger partial charge on any atom is 0.146 e. The highest BCUT2D eigenvalue weighted by atomic mass is 79.9. The summed E-state index contributed by atoms with van der Waals surface area (Å²) >= 11 is 3.39. The van der Waals surface area contributed by atoms with Gasteiger partial charge in [-0.2, -0.15) is 0 Å². The SMILES string of the molecule is CCCNCc1coc(COc2ccc(Br)cc2)c1. The van der Waals surface area contributed by atoms with Gasteiger partial charge in [-0.1, -0.05) is 22.9 Å². The number of halogens is 1. The van der Waals surface area contributed by atoms with Crippen LogP contribution in [0.25, 0.3) is 0 Å². The molecule has 0 aliphatic carbocycles. The largest absolute Gasteiger partial charge is 0.486 e. The van der Waals surface area contributed by atoms with E-state index in [0.717, 1.165) is 41.1 Å². The zero-order valence-electron chi connectivity index (χ0n) is 11.0. The molecule has 0 saturated heterocycles. The van der Waals surface area contributed by atoms with Crippen LogP contribution in [0.4, 0.5) is 0 Å². The summed E-state index contributed by atoms with van der Waals surface area (Å²) in [7, 11) is 0. The molecule has 0 amide bonds. The first kappa shape index (κ1) is 14.2. The summed E-state index contributed by atoms with van der Waals surface area (Å²) in [5.41, 5.74) is 1.16. The van der Waals surface area contributed by atoms with E-state index in [1.165, 1.54) is 0 Å². The molecule has 0 unspecified atom stereocenters. The standard InChI is InChI=1S/C15H18BrNO2/c1-2-7-17-9-12-8-15(18-10-12)11-19-14-5-3-13(16)4-6-14/h3-6,8,10,17H,2,7,9,11H2,1H3. The molecule has 1 heterocycles. The predicted octanol–water partition coefficient (Wildman–Crippen LogP) is 4.12. The highest BCUT2D eigenvalue weighted by molar-refractivity contribution is 9.10. The normalized spacial score (nSPS) is 10.6. The summed E-state index contributed by atoms with van der Waals surface area (Å²) < 4.78 is 12.2. The number of ether oxygens (including phenoxy) is 1. The van der Waals surface area contributed by atoms with Crippen LogP contribution in [0.3, 0.4) is 0 Å². The van der Waals surface area contributed by atoms with E-state index in [9.17, 15) is 0 Å². The lowest BCUT2D eigenvalue weighted by molar-refractivity contribution is 0.270. The Morgan fingerprint density at radius 1 is 1.26 bits per heavy atom. The molecular formula is C15H18BrNO2. The topological polar surface area (TPSA) is 34.4 Å². The minimum absolute atomic E-state index is 0.454. The summed E-state index contributed by atoms with van der Waals surface area (Å²) in [6.07, 6.45) is 2.92. The molecule has 4 heteroatoms. The van der Waals surface area contributed by atoms with Crippen LogP contribution in [0, 0.1) is 0 Å². The Labute approximate surface area is 122 Å². The quantitative estimate of drug-likeness (QED) is 0.778. The summed E-state index contributed by atoms with van der Waals surface area (Å²) in [6, 6.07) is 9.80. The van der Waals surface area contributed by atoms with Crippen molar-refractivity contribution in [2.75, 3.05) is 6.54 Å². The molecule has 19 heavy (non-hydrogen) atoms. The lowest BCUT2D eigenvalue weighted by atomic mass is 10.3. The van der Waals surface area contributed by atoms with Crippen molar-refractivity contribution in [2.45, 2.75) is 26.5 Å². The zero-order valence-corrected chi connectivity index (χ0v) is 12.6. The monoisotopic (exact) mass is 323 g/mol. The molecule has 1 aromatic carbocycles. The van der Waals surface area contributed by atoms with Crippen molar-refractivity contribution in [1.82, 2.24) is 5.32 Å². The average molecular weight is 324 g/mol.